The van der Waals surface area contributed by atoms with Gasteiger partial charge in [0.25, 0.3) is 12.3 Å². The minimum atomic E-state index is -2.78. The van der Waals surface area contributed by atoms with Gasteiger partial charge in [0.05, 0.1) is 5.69 Å². The van der Waals surface area contributed by atoms with Crippen LogP contribution < -0.4 is 4.90 Å². The number of anilines is 1. The monoisotopic (exact) mass is 426 g/mol. The van der Waals surface area contributed by atoms with Crippen LogP contribution in [0.4, 0.5) is 19.4 Å². The Hall–Kier alpha value is -4.15. The predicted octanol–water partition coefficient (Wildman–Crippen LogP) is 3.57. The smallest absolute Gasteiger partial charge is 0.417 e. The van der Waals surface area contributed by atoms with Crippen molar-refractivity contribution in [3.8, 4) is 11.3 Å². The summed E-state index contributed by atoms with van der Waals surface area (Å²) in [5, 5.41) is 14.1. The van der Waals surface area contributed by atoms with Crippen LogP contribution in [0, 0.1) is 0 Å². The zero-order chi connectivity index (χ0) is 22.3. The number of hydrogen-bond donors (Lipinski definition) is 1. The standard InChI is InChI=1S/C20H16F2N6O3/c1-26(19(29)18-23-10-24-27(18)2)15-8-7-11-9-14(28(20(30)31)17(11)25-15)12-5-3-4-6-13(12)16(21)22/h3-10,16H,1-2H3,(H,30,31). The van der Waals surface area contributed by atoms with Crippen LogP contribution in [0.5, 0.6) is 0 Å². The molecule has 0 aliphatic rings. The Bertz CT molecular complexity index is 1310. The zero-order valence-electron chi connectivity index (χ0n) is 16.4. The Balaban J connectivity index is 1.86. The van der Waals surface area contributed by atoms with E-state index in [0.29, 0.717) is 5.39 Å². The van der Waals surface area contributed by atoms with Crippen LogP contribution in [-0.4, -0.2) is 48.5 Å². The lowest BCUT2D eigenvalue weighted by molar-refractivity contribution is 0.0978. The summed E-state index contributed by atoms with van der Waals surface area (Å²) in [6, 6.07) is 10.3. The quantitative estimate of drug-likeness (QED) is 0.535. The summed E-state index contributed by atoms with van der Waals surface area (Å²) in [6.07, 6.45) is -2.93. The highest BCUT2D eigenvalue weighted by Gasteiger charge is 2.24. The van der Waals surface area contributed by atoms with Gasteiger partial charge in [0.2, 0.25) is 5.82 Å². The van der Waals surface area contributed by atoms with Gasteiger partial charge in [-0.05, 0) is 18.2 Å². The Kier molecular flexibility index (Phi) is 4.93. The van der Waals surface area contributed by atoms with Crippen LogP contribution >= 0.6 is 0 Å². The first-order chi connectivity index (χ1) is 14.8. The summed E-state index contributed by atoms with van der Waals surface area (Å²) < 4.78 is 29.1. The minimum Gasteiger partial charge on any atom is -0.464 e. The van der Waals surface area contributed by atoms with Crippen LogP contribution in [-0.2, 0) is 7.05 Å². The zero-order valence-corrected chi connectivity index (χ0v) is 16.4. The number of benzene rings is 1. The van der Waals surface area contributed by atoms with E-state index in [0.717, 1.165) is 4.57 Å². The van der Waals surface area contributed by atoms with Gasteiger partial charge in [0.15, 0.2) is 5.65 Å². The van der Waals surface area contributed by atoms with Gasteiger partial charge in [-0.3, -0.25) is 9.69 Å². The molecule has 0 saturated carbocycles. The van der Waals surface area contributed by atoms with Crippen LogP contribution in [0.3, 0.4) is 0 Å². The normalized spacial score (nSPS) is 11.3. The molecule has 31 heavy (non-hydrogen) atoms. The largest absolute Gasteiger partial charge is 0.464 e. The molecule has 11 heteroatoms. The van der Waals surface area contributed by atoms with Gasteiger partial charge in [-0.25, -0.2) is 32.8 Å². The Labute approximate surface area is 174 Å². The van der Waals surface area contributed by atoms with E-state index in [1.807, 2.05) is 0 Å². The van der Waals surface area contributed by atoms with E-state index in [1.54, 1.807) is 19.2 Å². The molecule has 0 unspecified atom stereocenters. The Morgan fingerprint density at radius 1 is 1.16 bits per heavy atom. The number of carboxylic acid groups (broad SMARTS) is 1. The molecule has 0 aliphatic carbocycles. The van der Waals surface area contributed by atoms with Crippen LogP contribution in [0.2, 0.25) is 0 Å². The number of aryl methyl sites for hydroxylation is 1. The Morgan fingerprint density at radius 3 is 2.55 bits per heavy atom. The van der Waals surface area contributed by atoms with Crippen LogP contribution in [0.1, 0.15) is 22.6 Å². The fraction of sp³-hybridized carbons (Fsp3) is 0.150. The van der Waals surface area contributed by atoms with E-state index >= 15 is 0 Å². The maximum absolute atomic E-state index is 13.5. The van der Waals surface area contributed by atoms with Crippen LogP contribution in [0.15, 0.2) is 48.8 Å². The van der Waals surface area contributed by atoms with Gasteiger partial charge >= 0.3 is 6.09 Å². The van der Waals surface area contributed by atoms with E-state index in [2.05, 4.69) is 15.1 Å². The molecule has 4 aromatic rings. The van der Waals surface area contributed by atoms with Crippen molar-refractivity contribution >= 4 is 28.9 Å². The second kappa shape index (κ2) is 7.59. The number of alkyl halides is 2. The first kappa shape index (κ1) is 20.1. The highest BCUT2D eigenvalue weighted by atomic mass is 19.3. The summed E-state index contributed by atoms with van der Waals surface area (Å²) in [7, 11) is 3.03. The molecule has 158 valence electrons. The van der Waals surface area contributed by atoms with Gasteiger partial charge in [0, 0.05) is 30.6 Å². The molecule has 1 amide bonds. The summed E-state index contributed by atoms with van der Waals surface area (Å²) in [5.41, 5.74) is -0.127. The van der Waals surface area contributed by atoms with Crippen LogP contribution in [0.25, 0.3) is 22.3 Å². The molecular formula is C20H16F2N6O3. The average Bonchev–Trinajstić information content (AvgIpc) is 3.35. The number of fused-ring (bicyclic) bond motifs is 1. The molecule has 0 radical (unpaired) electrons. The number of pyridine rings is 1. The average molecular weight is 426 g/mol. The molecule has 4 rings (SSSR count). The topological polar surface area (TPSA) is 106 Å². The number of halogens is 2. The van der Waals surface area contributed by atoms with Crippen molar-refractivity contribution in [3.63, 3.8) is 0 Å². The van der Waals surface area contributed by atoms with Gasteiger partial charge in [-0.2, -0.15) is 5.10 Å². The second-order valence-corrected chi connectivity index (χ2v) is 6.69. The molecular weight excluding hydrogens is 410 g/mol. The second-order valence-electron chi connectivity index (χ2n) is 6.69. The van der Waals surface area contributed by atoms with Gasteiger partial charge < -0.3 is 5.11 Å². The molecule has 0 saturated heterocycles. The number of hydrogen-bond acceptors (Lipinski definition) is 5. The van der Waals surface area contributed by atoms with E-state index in [1.165, 1.54) is 53.3 Å². The SMILES string of the molecule is CN(C(=O)c1ncnn1C)c1ccc2cc(-c3ccccc3C(F)F)n(C(=O)O)c2n1. The van der Waals surface area contributed by atoms with Crippen molar-refractivity contribution in [2.75, 3.05) is 11.9 Å². The molecule has 0 spiro atoms. The van der Waals surface area contributed by atoms with Gasteiger partial charge in [0.1, 0.15) is 12.1 Å². The predicted molar refractivity (Wildman–Crippen MR) is 107 cm³/mol. The Morgan fingerprint density at radius 2 is 1.90 bits per heavy atom. The molecule has 0 atom stereocenters. The van der Waals surface area contributed by atoms with Crippen molar-refractivity contribution in [1.82, 2.24) is 24.3 Å². The van der Waals surface area contributed by atoms with Crippen molar-refractivity contribution in [2.45, 2.75) is 6.43 Å². The number of nitrogens with zero attached hydrogens (tertiary/aromatic N) is 6. The molecule has 0 aliphatic heterocycles. The minimum absolute atomic E-state index is 0.0154. The van der Waals surface area contributed by atoms with E-state index in [9.17, 15) is 23.5 Å². The number of carbonyl (C=O) groups is 2. The molecule has 3 aromatic heterocycles. The van der Waals surface area contributed by atoms with E-state index in [4.69, 9.17) is 0 Å². The van der Waals surface area contributed by atoms with E-state index in [-0.39, 0.29) is 34.1 Å². The number of carbonyl (C=O) groups excluding carboxylic acids is 1. The summed E-state index contributed by atoms with van der Waals surface area (Å²) >= 11 is 0. The van der Waals surface area contributed by atoms with Gasteiger partial charge in [-0.15, -0.1) is 0 Å². The summed E-state index contributed by atoms with van der Waals surface area (Å²) in [4.78, 5) is 34.1. The highest BCUT2D eigenvalue weighted by molar-refractivity contribution is 6.03. The molecule has 9 nitrogen and oxygen atoms in total. The lowest BCUT2D eigenvalue weighted by Gasteiger charge is -2.16. The molecule has 1 aromatic carbocycles. The first-order valence-electron chi connectivity index (χ1n) is 9.05. The highest BCUT2D eigenvalue weighted by Crippen LogP contribution is 2.34. The number of amides is 1. The molecule has 0 fully saturated rings. The lowest BCUT2D eigenvalue weighted by atomic mass is 10.0. The number of rotatable bonds is 4. The fourth-order valence-corrected chi connectivity index (χ4v) is 3.31. The van der Waals surface area contributed by atoms with Crippen molar-refractivity contribution < 1.29 is 23.5 Å². The maximum Gasteiger partial charge on any atom is 0.417 e. The molecule has 0 bridgehead atoms. The van der Waals surface area contributed by atoms with Gasteiger partial charge in [-0.1, -0.05) is 24.3 Å². The summed E-state index contributed by atoms with van der Waals surface area (Å²) in [5.74, 6) is -0.261. The van der Waals surface area contributed by atoms with Crippen molar-refractivity contribution in [3.05, 3.63) is 60.2 Å². The molecule has 3 heterocycles. The van der Waals surface area contributed by atoms with Crippen molar-refractivity contribution in [2.24, 2.45) is 7.05 Å². The lowest BCUT2D eigenvalue weighted by Crippen LogP contribution is -2.29. The third kappa shape index (κ3) is 3.39. The summed E-state index contributed by atoms with van der Waals surface area (Å²) in [6.45, 7) is 0. The molecule has 1 N–H and O–H groups in total. The maximum atomic E-state index is 13.5. The third-order valence-corrected chi connectivity index (χ3v) is 4.85. The fourth-order valence-electron chi connectivity index (χ4n) is 3.31. The number of aromatic nitrogens is 5. The first-order valence-corrected chi connectivity index (χ1v) is 9.05. The van der Waals surface area contributed by atoms with E-state index < -0.39 is 18.4 Å². The van der Waals surface area contributed by atoms with Crippen molar-refractivity contribution in [1.29, 1.82) is 0 Å². The third-order valence-electron chi connectivity index (χ3n) is 4.85.